The molecule has 1 aromatic heterocycles. The van der Waals surface area contributed by atoms with Crippen molar-refractivity contribution in [1.82, 2.24) is 20.0 Å². The number of nitrogens with one attached hydrogen (secondary N) is 1. The second kappa shape index (κ2) is 8.06. The molecule has 0 bridgehead atoms. The summed E-state index contributed by atoms with van der Waals surface area (Å²) in [5.41, 5.74) is 3.47. The first-order chi connectivity index (χ1) is 13.1. The number of ether oxygens (including phenoxy) is 1. The van der Waals surface area contributed by atoms with E-state index in [0.717, 1.165) is 76.6 Å². The molecule has 0 saturated carbocycles. The van der Waals surface area contributed by atoms with Crippen LogP contribution in [0, 0.1) is 0 Å². The molecule has 8 heteroatoms. The van der Waals surface area contributed by atoms with Gasteiger partial charge in [-0.15, -0.1) is 0 Å². The molecule has 0 radical (unpaired) electrons. The molecular formula is C19H25ClN4O3. The number of fused-ring (bicyclic) bond motifs is 1. The number of halogens is 1. The number of hydrogen-bond acceptors (Lipinski definition) is 6. The number of nitrogens with zero attached hydrogens (tertiary/aromatic N) is 3. The summed E-state index contributed by atoms with van der Waals surface area (Å²) in [5, 5.41) is 27.6. The molecule has 2 aliphatic heterocycles. The summed E-state index contributed by atoms with van der Waals surface area (Å²) in [6, 6.07) is 2.84. The molecule has 1 saturated heterocycles. The molecule has 27 heavy (non-hydrogen) atoms. The zero-order chi connectivity index (χ0) is 18.8. The van der Waals surface area contributed by atoms with E-state index in [1.54, 1.807) is 6.07 Å². The molecule has 1 fully saturated rings. The monoisotopic (exact) mass is 392 g/mol. The number of aromatic hydroxyl groups is 2. The molecule has 3 heterocycles. The molecule has 0 atom stereocenters. The normalized spacial score (nSPS) is 18.6. The quantitative estimate of drug-likeness (QED) is 0.723. The zero-order valence-corrected chi connectivity index (χ0v) is 16.0. The van der Waals surface area contributed by atoms with E-state index in [-0.39, 0.29) is 16.5 Å². The van der Waals surface area contributed by atoms with Gasteiger partial charge < -0.3 is 14.9 Å². The minimum absolute atomic E-state index is 0.0179. The van der Waals surface area contributed by atoms with Crippen LogP contribution in [0.15, 0.2) is 12.1 Å². The van der Waals surface area contributed by atoms with E-state index in [2.05, 4.69) is 20.0 Å². The van der Waals surface area contributed by atoms with Crippen molar-refractivity contribution in [2.45, 2.75) is 19.4 Å². The van der Waals surface area contributed by atoms with Crippen LogP contribution in [0.4, 0.5) is 0 Å². The third-order valence-electron chi connectivity index (χ3n) is 5.39. The minimum atomic E-state index is -0.132. The van der Waals surface area contributed by atoms with Crippen LogP contribution in [-0.4, -0.2) is 76.1 Å². The number of benzene rings is 1. The predicted octanol–water partition coefficient (Wildman–Crippen LogP) is 2.22. The summed E-state index contributed by atoms with van der Waals surface area (Å²) >= 11 is 6.03. The topological polar surface area (TPSA) is 84.8 Å². The molecule has 7 nitrogen and oxygen atoms in total. The molecule has 0 amide bonds. The van der Waals surface area contributed by atoms with Gasteiger partial charge in [-0.3, -0.25) is 14.9 Å². The lowest BCUT2D eigenvalue weighted by Crippen LogP contribution is -2.38. The SMILES string of the molecule is Oc1cc(O)c(-c2n[nH]c3c2CN(CCCN2CCOCC2)CC3)cc1Cl. The van der Waals surface area contributed by atoms with Crippen LogP contribution in [0.2, 0.25) is 5.02 Å². The first-order valence-electron chi connectivity index (χ1n) is 9.42. The molecule has 4 rings (SSSR count). The Morgan fingerprint density at radius 1 is 1.07 bits per heavy atom. The van der Waals surface area contributed by atoms with Crippen LogP contribution in [0.3, 0.4) is 0 Å². The largest absolute Gasteiger partial charge is 0.507 e. The second-order valence-corrected chi connectivity index (χ2v) is 7.59. The van der Waals surface area contributed by atoms with Crippen LogP contribution in [0.5, 0.6) is 11.5 Å². The van der Waals surface area contributed by atoms with Crippen molar-refractivity contribution in [1.29, 1.82) is 0 Å². The van der Waals surface area contributed by atoms with Crippen molar-refractivity contribution in [2.75, 3.05) is 45.9 Å². The molecule has 146 valence electrons. The van der Waals surface area contributed by atoms with Gasteiger partial charge in [-0.1, -0.05) is 11.6 Å². The maximum absolute atomic E-state index is 10.2. The van der Waals surface area contributed by atoms with E-state index in [4.69, 9.17) is 16.3 Å². The fourth-order valence-corrected chi connectivity index (χ4v) is 4.01. The van der Waals surface area contributed by atoms with Crippen molar-refractivity contribution in [3.05, 3.63) is 28.4 Å². The summed E-state index contributed by atoms with van der Waals surface area (Å²) < 4.78 is 5.40. The highest BCUT2D eigenvalue weighted by molar-refractivity contribution is 6.32. The van der Waals surface area contributed by atoms with E-state index < -0.39 is 0 Å². The molecule has 2 aromatic rings. The molecular weight excluding hydrogens is 368 g/mol. The number of phenols is 2. The van der Waals surface area contributed by atoms with E-state index in [1.807, 2.05) is 0 Å². The summed E-state index contributed by atoms with van der Waals surface area (Å²) in [6.45, 7) is 7.65. The molecule has 0 aliphatic carbocycles. The van der Waals surface area contributed by atoms with Crippen LogP contribution in [0.25, 0.3) is 11.3 Å². The van der Waals surface area contributed by atoms with E-state index >= 15 is 0 Å². The average molecular weight is 393 g/mol. The Hall–Kier alpha value is -1.80. The van der Waals surface area contributed by atoms with E-state index in [1.165, 1.54) is 6.07 Å². The number of hydrogen-bond donors (Lipinski definition) is 3. The molecule has 3 N–H and O–H groups in total. The number of aromatic nitrogens is 2. The summed E-state index contributed by atoms with van der Waals surface area (Å²) in [6.07, 6.45) is 2.03. The Balaban J connectivity index is 1.43. The van der Waals surface area contributed by atoms with Crippen molar-refractivity contribution in [2.24, 2.45) is 0 Å². The van der Waals surface area contributed by atoms with Crippen molar-refractivity contribution >= 4 is 11.6 Å². The highest BCUT2D eigenvalue weighted by atomic mass is 35.5. The van der Waals surface area contributed by atoms with Gasteiger partial charge in [-0.05, 0) is 25.6 Å². The molecule has 0 unspecified atom stereocenters. The Kier molecular flexibility index (Phi) is 5.54. The van der Waals surface area contributed by atoms with E-state index in [9.17, 15) is 10.2 Å². The Labute approximate surface area is 163 Å². The number of rotatable bonds is 5. The van der Waals surface area contributed by atoms with Gasteiger partial charge >= 0.3 is 0 Å². The number of phenolic OH excluding ortho intramolecular Hbond substituents is 2. The van der Waals surface area contributed by atoms with Crippen LogP contribution >= 0.6 is 11.6 Å². The zero-order valence-electron chi connectivity index (χ0n) is 15.2. The molecule has 1 aromatic carbocycles. The Morgan fingerprint density at radius 3 is 2.67 bits per heavy atom. The molecule has 0 spiro atoms. The summed E-state index contributed by atoms with van der Waals surface area (Å²) in [5.74, 6) is -0.150. The highest BCUT2D eigenvalue weighted by Crippen LogP contribution is 2.39. The average Bonchev–Trinajstić information content (AvgIpc) is 3.09. The second-order valence-electron chi connectivity index (χ2n) is 7.18. The lowest BCUT2D eigenvalue weighted by molar-refractivity contribution is 0.0359. The van der Waals surface area contributed by atoms with Gasteiger partial charge in [0.25, 0.3) is 0 Å². The third-order valence-corrected chi connectivity index (χ3v) is 5.69. The van der Waals surface area contributed by atoms with Gasteiger partial charge in [0.05, 0.1) is 18.2 Å². The van der Waals surface area contributed by atoms with Gasteiger partial charge in [0.2, 0.25) is 0 Å². The number of H-pyrrole nitrogens is 1. The van der Waals surface area contributed by atoms with Gasteiger partial charge in [-0.2, -0.15) is 5.10 Å². The van der Waals surface area contributed by atoms with Crippen molar-refractivity contribution in [3.8, 4) is 22.8 Å². The minimum Gasteiger partial charge on any atom is -0.507 e. The Bertz CT molecular complexity index is 804. The van der Waals surface area contributed by atoms with Crippen LogP contribution < -0.4 is 0 Å². The smallest absolute Gasteiger partial charge is 0.137 e. The predicted molar refractivity (Wildman–Crippen MR) is 103 cm³/mol. The van der Waals surface area contributed by atoms with Crippen LogP contribution in [-0.2, 0) is 17.7 Å². The maximum atomic E-state index is 10.2. The summed E-state index contributed by atoms with van der Waals surface area (Å²) in [4.78, 5) is 4.89. The van der Waals surface area contributed by atoms with Crippen LogP contribution in [0.1, 0.15) is 17.7 Å². The van der Waals surface area contributed by atoms with Gasteiger partial charge in [0.15, 0.2) is 0 Å². The maximum Gasteiger partial charge on any atom is 0.137 e. The Morgan fingerprint density at radius 2 is 1.85 bits per heavy atom. The lowest BCUT2D eigenvalue weighted by atomic mass is 10.00. The van der Waals surface area contributed by atoms with Crippen molar-refractivity contribution in [3.63, 3.8) is 0 Å². The number of aromatic amines is 1. The fraction of sp³-hybridized carbons (Fsp3) is 0.526. The first-order valence-corrected chi connectivity index (χ1v) is 9.80. The van der Waals surface area contributed by atoms with E-state index in [0.29, 0.717) is 11.3 Å². The standard InChI is InChI=1S/C19H25ClN4O3/c20-15-10-13(17(25)11-18(15)26)19-14-12-24(5-2-16(14)21-22-19)4-1-3-23-6-8-27-9-7-23/h10-11,25-26H,1-9,12H2,(H,21,22). The fourth-order valence-electron chi connectivity index (χ4n) is 3.85. The third kappa shape index (κ3) is 4.06. The summed E-state index contributed by atoms with van der Waals surface area (Å²) in [7, 11) is 0. The first kappa shape index (κ1) is 18.6. The van der Waals surface area contributed by atoms with Gasteiger partial charge in [0.1, 0.15) is 17.2 Å². The van der Waals surface area contributed by atoms with Gasteiger partial charge in [0, 0.05) is 55.5 Å². The number of morpholine rings is 1. The molecule has 2 aliphatic rings. The van der Waals surface area contributed by atoms with Gasteiger partial charge in [-0.25, -0.2) is 0 Å². The lowest BCUT2D eigenvalue weighted by Gasteiger charge is -2.30. The van der Waals surface area contributed by atoms with Crippen molar-refractivity contribution < 1.29 is 14.9 Å². The highest BCUT2D eigenvalue weighted by Gasteiger charge is 2.24.